The Bertz CT molecular complexity index is 1590. The first-order chi connectivity index (χ1) is 18.2. The summed E-state index contributed by atoms with van der Waals surface area (Å²) in [6.07, 6.45) is 1.15. The van der Waals surface area contributed by atoms with Crippen LogP contribution in [0.5, 0.6) is 0 Å². The molecule has 0 saturated carbocycles. The Hall–Kier alpha value is -4.44. The van der Waals surface area contributed by atoms with Crippen LogP contribution in [-0.4, -0.2) is 59.0 Å². The van der Waals surface area contributed by atoms with E-state index in [-0.39, 0.29) is 28.9 Å². The molecule has 1 aliphatic heterocycles. The van der Waals surface area contributed by atoms with Crippen molar-refractivity contribution in [1.82, 2.24) is 9.47 Å². The van der Waals surface area contributed by atoms with Gasteiger partial charge in [-0.15, -0.1) is 0 Å². The third kappa shape index (κ3) is 4.90. The summed E-state index contributed by atoms with van der Waals surface area (Å²) < 4.78 is 43.4. The third-order valence-electron chi connectivity index (χ3n) is 6.65. The lowest BCUT2D eigenvalue weighted by molar-refractivity contribution is 0.0694. The molecule has 1 saturated heterocycles. The molecular weight excluding hydrogens is 499 g/mol. The van der Waals surface area contributed by atoms with E-state index in [0.717, 1.165) is 12.3 Å². The molecule has 0 amide bonds. The van der Waals surface area contributed by atoms with Crippen molar-refractivity contribution in [1.29, 1.82) is 0 Å². The van der Waals surface area contributed by atoms with Gasteiger partial charge >= 0.3 is 5.97 Å². The van der Waals surface area contributed by atoms with Gasteiger partial charge in [-0.3, -0.25) is 14.5 Å². The summed E-state index contributed by atoms with van der Waals surface area (Å²) in [6, 6.07) is 13.1. The van der Waals surface area contributed by atoms with E-state index in [2.05, 4.69) is 0 Å². The number of carboxylic acids is 1. The molecule has 1 N–H and O–H groups in total. The number of piperazine rings is 1. The number of anilines is 1. The zero-order chi connectivity index (χ0) is 27.0. The van der Waals surface area contributed by atoms with Crippen molar-refractivity contribution in [3.63, 3.8) is 0 Å². The van der Waals surface area contributed by atoms with Gasteiger partial charge in [-0.2, -0.15) is 0 Å². The Labute approximate surface area is 215 Å². The molecule has 0 radical (unpaired) electrons. The summed E-state index contributed by atoms with van der Waals surface area (Å²) >= 11 is 0. The van der Waals surface area contributed by atoms with Crippen LogP contribution < -0.4 is 10.3 Å². The Balaban J connectivity index is 1.44. The van der Waals surface area contributed by atoms with E-state index in [1.54, 1.807) is 4.90 Å². The molecule has 0 bridgehead atoms. The van der Waals surface area contributed by atoms with Crippen LogP contribution in [0.1, 0.15) is 20.7 Å². The maximum Gasteiger partial charge on any atom is 0.341 e. The molecule has 2 heterocycles. The molecule has 194 valence electrons. The van der Waals surface area contributed by atoms with Crippen LogP contribution in [0.25, 0.3) is 16.6 Å². The quantitative estimate of drug-likeness (QED) is 0.385. The third-order valence-corrected chi connectivity index (χ3v) is 6.65. The highest BCUT2D eigenvalue weighted by atomic mass is 19.1. The molecule has 10 heteroatoms. The van der Waals surface area contributed by atoms with Crippen molar-refractivity contribution < 1.29 is 27.9 Å². The SMILES string of the molecule is O=C(CN1CCN(c2cc3c(cc2F)c(=O)c(C(=O)O)cn3-c2ccc(F)cc2)CC1)c1ccc(F)cc1. The number of benzene rings is 3. The largest absolute Gasteiger partial charge is 0.477 e. The van der Waals surface area contributed by atoms with Crippen LogP contribution in [0.15, 0.2) is 71.7 Å². The summed E-state index contributed by atoms with van der Waals surface area (Å²) in [5, 5.41) is 9.41. The minimum Gasteiger partial charge on any atom is -0.477 e. The van der Waals surface area contributed by atoms with E-state index < -0.39 is 34.4 Å². The number of hydrogen-bond donors (Lipinski definition) is 1. The zero-order valence-corrected chi connectivity index (χ0v) is 20.0. The van der Waals surface area contributed by atoms with Crippen LogP contribution in [0, 0.1) is 17.5 Å². The van der Waals surface area contributed by atoms with Crippen LogP contribution in [-0.2, 0) is 0 Å². The predicted octanol–water partition coefficient (Wildman–Crippen LogP) is 4.11. The van der Waals surface area contributed by atoms with Gasteiger partial charge in [-0.25, -0.2) is 18.0 Å². The highest BCUT2D eigenvalue weighted by Crippen LogP contribution is 2.28. The van der Waals surface area contributed by atoms with Gasteiger partial charge in [0, 0.05) is 49.0 Å². The number of nitrogens with zero attached hydrogens (tertiary/aromatic N) is 3. The number of carbonyl (C=O) groups is 2. The second kappa shape index (κ2) is 10.1. The average molecular weight is 521 g/mol. The maximum absolute atomic E-state index is 15.3. The van der Waals surface area contributed by atoms with Gasteiger partial charge in [0.2, 0.25) is 5.43 Å². The fourth-order valence-corrected chi connectivity index (χ4v) is 4.62. The molecule has 7 nitrogen and oxygen atoms in total. The number of hydrogen-bond acceptors (Lipinski definition) is 5. The Morgan fingerprint density at radius 2 is 1.45 bits per heavy atom. The Kier molecular flexibility index (Phi) is 6.73. The number of aromatic carboxylic acids is 1. The van der Waals surface area contributed by atoms with Gasteiger partial charge < -0.3 is 14.6 Å². The molecular formula is C28H22F3N3O4. The first kappa shape index (κ1) is 25.2. The van der Waals surface area contributed by atoms with Gasteiger partial charge in [-0.05, 0) is 60.7 Å². The summed E-state index contributed by atoms with van der Waals surface area (Å²) in [5.74, 6) is -3.19. The van der Waals surface area contributed by atoms with E-state index >= 15 is 4.39 Å². The first-order valence-corrected chi connectivity index (χ1v) is 11.9. The minimum absolute atomic E-state index is 0.112. The molecule has 0 aliphatic carbocycles. The zero-order valence-electron chi connectivity index (χ0n) is 20.0. The van der Waals surface area contributed by atoms with Gasteiger partial charge in [0.1, 0.15) is 23.0 Å². The van der Waals surface area contributed by atoms with E-state index in [1.807, 2.05) is 4.90 Å². The number of carbonyl (C=O) groups excluding carboxylic acids is 1. The van der Waals surface area contributed by atoms with Gasteiger partial charge in [0.15, 0.2) is 5.78 Å². The summed E-state index contributed by atoms with van der Waals surface area (Å²) in [4.78, 5) is 40.8. The molecule has 1 aromatic heterocycles. The number of ketones is 1. The lowest BCUT2D eigenvalue weighted by Gasteiger charge is -2.36. The highest BCUT2D eigenvalue weighted by Gasteiger charge is 2.24. The Morgan fingerprint density at radius 1 is 0.842 bits per heavy atom. The van der Waals surface area contributed by atoms with Crippen LogP contribution in [0.2, 0.25) is 0 Å². The predicted molar refractivity (Wildman–Crippen MR) is 136 cm³/mol. The van der Waals surface area contributed by atoms with Crippen molar-refractivity contribution in [3.05, 3.63) is 106 Å². The second-order valence-electron chi connectivity index (χ2n) is 9.04. The molecule has 4 aromatic rings. The molecule has 3 aromatic carbocycles. The topological polar surface area (TPSA) is 82.8 Å². The molecule has 1 aliphatic rings. The number of fused-ring (bicyclic) bond motifs is 1. The van der Waals surface area contributed by atoms with Crippen molar-refractivity contribution in [2.24, 2.45) is 0 Å². The number of carboxylic acid groups (broad SMARTS) is 1. The lowest BCUT2D eigenvalue weighted by atomic mass is 10.1. The second-order valence-corrected chi connectivity index (χ2v) is 9.04. The fourth-order valence-electron chi connectivity index (χ4n) is 4.62. The number of pyridine rings is 1. The number of rotatable bonds is 6. The number of halogens is 3. The summed E-state index contributed by atoms with van der Waals surface area (Å²) in [5.41, 5.74) is -0.0411. The average Bonchev–Trinajstić information content (AvgIpc) is 2.90. The summed E-state index contributed by atoms with van der Waals surface area (Å²) in [6.45, 7) is 1.86. The van der Waals surface area contributed by atoms with Crippen molar-refractivity contribution >= 4 is 28.3 Å². The lowest BCUT2D eigenvalue weighted by Crippen LogP contribution is -2.48. The van der Waals surface area contributed by atoms with Crippen molar-refractivity contribution in [2.45, 2.75) is 0 Å². The van der Waals surface area contributed by atoms with Crippen molar-refractivity contribution in [3.8, 4) is 5.69 Å². The van der Waals surface area contributed by atoms with E-state index in [9.17, 15) is 28.3 Å². The standard InChI is InChI=1S/C28H22F3N3O4/c29-18-3-1-17(2-4-18)26(35)16-32-9-11-33(12-10-32)25-14-24-21(13-23(25)31)27(36)22(28(37)38)15-34(24)20-7-5-19(30)6-8-20/h1-8,13-15H,9-12,16H2,(H,37,38). The number of Topliss-reactive ketones (excluding diaryl/α,β-unsaturated/α-hetero) is 1. The maximum atomic E-state index is 15.3. The monoisotopic (exact) mass is 521 g/mol. The minimum atomic E-state index is -1.46. The smallest absolute Gasteiger partial charge is 0.341 e. The molecule has 38 heavy (non-hydrogen) atoms. The van der Waals surface area contributed by atoms with E-state index in [0.29, 0.717) is 37.4 Å². The molecule has 5 rings (SSSR count). The van der Waals surface area contributed by atoms with Gasteiger partial charge in [-0.1, -0.05) is 0 Å². The molecule has 0 atom stereocenters. The number of aromatic nitrogens is 1. The molecule has 0 unspecified atom stereocenters. The van der Waals surface area contributed by atoms with Crippen molar-refractivity contribution in [2.75, 3.05) is 37.6 Å². The molecule has 0 spiro atoms. The fraction of sp³-hybridized carbons (Fsp3) is 0.179. The Morgan fingerprint density at radius 3 is 2.05 bits per heavy atom. The summed E-state index contributed by atoms with van der Waals surface area (Å²) in [7, 11) is 0. The van der Waals surface area contributed by atoms with E-state index in [4.69, 9.17) is 0 Å². The van der Waals surface area contributed by atoms with Crippen LogP contribution in [0.4, 0.5) is 18.9 Å². The van der Waals surface area contributed by atoms with Crippen LogP contribution >= 0.6 is 0 Å². The van der Waals surface area contributed by atoms with Gasteiger partial charge in [0.05, 0.1) is 17.7 Å². The van der Waals surface area contributed by atoms with Gasteiger partial charge in [0.25, 0.3) is 0 Å². The highest BCUT2D eigenvalue weighted by molar-refractivity contribution is 5.97. The first-order valence-electron chi connectivity index (χ1n) is 11.9. The normalized spacial score (nSPS) is 14.1. The van der Waals surface area contributed by atoms with Crippen LogP contribution in [0.3, 0.4) is 0 Å². The van der Waals surface area contributed by atoms with E-state index in [1.165, 1.54) is 59.2 Å². The molecule has 1 fully saturated rings.